The smallest absolute Gasteiger partial charge is 0.253 e. The van der Waals surface area contributed by atoms with E-state index in [2.05, 4.69) is 10.4 Å². The Bertz CT molecular complexity index is 1410. The van der Waals surface area contributed by atoms with Gasteiger partial charge in [-0.2, -0.15) is 0 Å². The molecule has 9 heteroatoms. The van der Waals surface area contributed by atoms with Crippen molar-refractivity contribution in [3.8, 4) is 11.3 Å². The molecule has 2 aromatic heterocycles. The van der Waals surface area contributed by atoms with Crippen LogP contribution in [0.5, 0.6) is 0 Å². The zero-order chi connectivity index (χ0) is 23.1. The lowest BCUT2D eigenvalue weighted by atomic mass is 10.0. The van der Waals surface area contributed by atoms with Crippen molar-refractivity contribution in [1.29, 1.82) is 0 Å². The van der Waals surface area contributed by atoms with Gasteiger partial charge in [-0.15, -0.1) is 0 Å². The minimum atomic E-state index is -1.26. The molecule has 6 nitrogen and oxygen atoms in total. The zero-order valence-electron chi connectivity index (χ0n) is 17.0. The number of fused-ring (bicyclic) bond motifs is 1. The molecule has 33 heavy (non-hydrogen) atoms. The molecule has 166 valence electrons. The van der Waals surface area contributed by atoms with Crippen LogP contribution in [0.25, 0.3) is 11.3 Å². The van der Waals surface area contributed by atoms with Gasteiger partial charge in [0.15, 0.2) is 12.0 Å². The van der Waals surface area contributed by atoms with E-state index in [4.69, 9.17) is 23.2 Å². The summed E-state index contributed by atoms with van der Waals surface area (Å²) in [4.78, 5) is 17.3. The van der Waals surface area contributed by atoms with E-state index in [0.717, 1.165) is 5.56 Å². The summed E-state index contributed by atoms with van der Waals surface area (Å²) in [6, 6.07) is 16.5. The summed E-state index contributed by atoms with van der Waals surface area (Å²) in [5.41, 5.74) is 4.90. The van der Waals surface area contributed by atoms with Crippen molar-refractivity contribution in [2.24, 2.45) is 0 Å². The lowest BCUT2D eigenvalue weighted by molar-refractivity contribution is 0.186. The summed E-state index contributed by atoms with van der Waals surface area (Å²) < 4.78 is 16.6. The maximum Gasteiger partial charge on any atom is 0.253 e. The molecule has 1 aliphatic rings. The predicted octanol–water partition coefficient (Wildman–Crippen LogP) is 5.24. The normalized spacial score (nSPS) is 14.8. The molecule has 2 aromatic carbocycles. The average Bonchev–Trinajstić information content (AvgIpc) is 3.13. The van der Waals surface area contributed by atoms with Crippen LogP contribution in [0.15, 0.2) is 77.9 Å². The van der Waals surface area contributed by atoms with E-state index >= 15 is 4.39 Å². The lowest BCUT2D eigenvalue weighted by Crippen LogP contribution is -2.28. The van der Waals surface area contributed by atoms with E-state index in [-0.39, 0.29) is 28.4 Å². The molecule has 0 fully saturated rings. The molecule has 1 unspecified atom stereocenters. The Morgan fingerprint density at radius 3 is 2.61 bits per heavy atom. The molecule has 0 spiro atoms. The maximum absolute atomic E-state index is 15.2. The van der Waals surface area contributed by atoms with Gasteiger partial charge in [-0.3, -0.25) is 20.2 Å². The Morgan fingerprint density at radius 1 is 1.06 bits per heavy atom. The van der Waals surface area contributed by atoms with Crippen LogP contribution in [0.2, 0.25) is 10.0 Å². The lowest BCUT2D eigenvalue weighted by Gasteiger charge is -2.24. The number of hydrogen-bond acceptors (Lipinski definition) is 5. The molecule has 2 N–H and O–H groups in total. The number of para-hydroxylation sites is 1. The predicted molar refractivity (Wildman–Crippen MR) is 127 cm³/mol. The van der Waals surface area contributed by atoms with Crippen LogP contribution >= 0.6 is 23.2 Å². The summed E-state index contributed by atoms with van der Waals surface area (Å²) in [7, 11) is 0. The van der Waals surface area contributed by atoms with Gasteiger partial charge >= 0.3 is 0 Å². The molecule has 0 saturated heterocycles. The van der Waals surface area contributed by atoms with Gasteiger partial charge in [0.2, 0.25) is 0 Å². The van der Waals surface area contributed by atoms with Crippen LogP contribution in [0.1, 0.15) is 17.4 Å². The largest absolute Gasteiger partial charge is 0.368 e. The second kappa shape index (κ2) is 8.51. The Kier molecular flexibility index (Phi) is 5.54. The van der Waals surface area contributed by atoms with Gasteiger partial charge in [-0.25, -0.2) is 4.39 Å². The number of hydrogen-bond donors (Lipinski definition) is 2. The molecular weight excluding hydrogens is 466 g/mol. The highest BCUT2D eigenvalue weighted by Gasteiger charge is 2.35. The fourth-order valence-electron chi connectivity index (χ4n) is 3.98. The van der Waals surface area contributed by atoms with Gasteiger partial charge in [0, 0.05) is 24.0 Å². The first-order valence-corrected chi connectivity index (χ1v) is 10.8. The molecule has 4 aromatic rings. The van der Waals surface area contributed by atoms with Crippen molar-refractivity contribution < 1.29 is 9.50 Å². The Balaban J connectivity index is 1.75. The number of nitrogens with zero attached hydrogens (tertiary/aromatic N) is 3. The molecule has 3 heterocycles. The standard InChI is InChI=1S/C24H17Cl2FN4O2/c25-16-7-1-2-9-19(16)31-24(33)21-18(29-31)11-20(32)30(13-14-5-4-10-28-12-14)23(21)15-6-3-8-17(26)22(15)27/h1-12,24,29,33H,13H2. The highest BCUT2D eigenvalue weighted by molar-refractivity contribution is 6.33. The monoisotopic (exact) mass is 482 g/mol. The number of benzene rings is 2. The Hall–Kier alpha value is -3.39. The number of rotatable bonds is 4. The molecular formula is C24H17Cl2FN4O2. The fourth-order valence-corrected chi connectivity index (χ4v) is 4.38. The molecule has 0 aliphatic carbocycles. The highest BCUT2D eigenvalue weighted by Crippen LogP contribution is 2.44. The van der Waals surface area contributed by atoms with Gasteiger partial charge in [0.1, 0.15) is 0 Å². The number of anilines is 2. The molecule has 0 amide bonds. The number of pyridine rings is 2. The van der Waals surface area contributed by atoms with Crippen LogP contribution in [0, 0.1) is 5.82 Å². The fraction of sp³-hybridized carbons (Fsp3) is 0.0833. The van der Waals surface area contributed by atoms with Gasteiger partial charge in [0.05, 0.1) is 39.2 Å². The maximum atomic E-state index is 15.2. The first-order chi connectivity index (χ1) is 16.0. The van der Waals surface area contributed by atoms with Crippen molar-refractivity contribution in [3.05, 3.63) is 110 Å². The van der Waals surface area contributed by atoms with E-state index in [1.165, 1.54) is 27.8 Å². The zero-order valence-corrected chi connectivity index (χ0v) is 18.6. The topological polar surface area (TPSA) is 70.4 Å². The van der Waals surface area contributed by atoms with Crippen LogP contribution < -0.4 is 16.0 Å². The Morgan fingerprint density at radius 2 is 1.85 bits per heavy atom. The van der Waals surface area contributed by atoms with Crippen LogP contribution in [-0.2, 0) is 6.54 Å². The average molecular weight is 483 g/mol. The summed E-state index contributed by atoms with van der Waals surface area (Å²) in [6.07, 6.45) is 2.00. The third kappa shape index (κ3) is 3.74. The number of aliphatic hydroxyl groups excluding tert-OH is 1. The highest BCUT2D eigenvalue weighted by atomic mass is 35.5. The number of halogens is 3. The van der Waals surface area contributed by atoms with E-state index < -0.39 is 12.0 Å². The molecule has 0 radical (unpaired) electrons. The first kappa shape index (κ1) is 21.5. The summed E-state index contributed by atoms with van der Waals surface area (Å²) in [6.45, 7) is 0.125. The van der Waals surface area contributed by atoms with Crippen molar-refractivity contribution in [2.75, 3.05) is 10.4 Å². The van der Waals surface area contributed by atoms with E-state index in [1.807, 2.05) is 6.07 Å². The number of hydrazine groups is 1. The van der Waals surface area contributed by atoms with E-state index in [1.54, 1.807) is 48.8 Å². The number of aliphatic hydroxyl groups is 1. The minimum Gasteiger partial charge on any atom is -0.368 e. The van der Waals surface area contributed by atoms with Gasteiger partial charge in [0.25, 0.3) is 5.56 Å². The van der Waals surface area contributed by atoms with Crippen LogP contribution in [0.4, 0.5) is 15.8 Å². The van der Waals surface area contributed by atoms with Crippen LogP contribution in [0.3, 0.4) is 0 Å². The van der Waals surface area contributed by atoms with Crippen molar-refractivity contribution in [3.63, 3.8) is 0 Å². The molecule has 1 atom stereocenters. The second-order valence-corrected chi connectivity index (χ2v) is 8.33. The molecule has 0 bridgehead atoms. The van der Waals surface area contributed by atoms with Crippen molar-refractivity contribution in [2.45, 2.75) is 12.8 Å². The molecule has 0 saturated carbocycles. The second-order valence-electron chi connectivity index (χ2n) is 7.51. The molecule has 5 rings (SSSR count). The van der Waals surface area contributed by atoms with Crippen molar-refractivity contribution >= 4 is 34.6 Å². The summed E-state index contributed by atoms with van der Waals surface area (Å²) >= 11 is 12.4. The number of nitrogens with one attached hydrogen (secondary N) is 1. The quantitative estimate of drug-likeness (QED) is 0.416. The summed E-state index contributed by atoms with van der Waals surface area (Å²) in [5, 5.41) is 13.1. The summed E-state index contributed by atoms with van der Waals surface area (Å²) in [5.74, 6) is -0.685. The number of aromatic nitrogens is 2. The first-order valence-electron chi connectivity index (χ1n) is 10.0. The third-order valence-electron chi connectivity index (χ3n) is 5.47. The van der Waals surface area contributed by atoms with Crippen molar-refractivity contribution in [1.82, 2.24) is 9.55 Å². The van der Waals surface area contributed by atoms with E-state index in [9.17, 15) is 9.90 Å². The van der Waals surface area contributed by atoms with E-state index in [0.29, 0.717) is 22.0 Å². The van der Waals surface area contributed by atoms with Gasteiger partial charge < -0.3 is 9.67 Å². The SMILES string of the molecule is O=c1cc2c(c(-c3cccc(Cl)c3F)n1Cc1cccnc1)C(O)N(c1ccccc1Cl)N2. The minimum absolute atomic E-state index is 0.0890. The van der Waals surface area contributed by atoms with Gasteiger partial charge in [-0.05, 0) is 35.9 Å². The van der Waals surface area contributed by atoms with Gasteiger partial charge in [-0.1, -0.05) is 47.5 Å². The van der Waals surface area contributed by atoms with Crippen LogP contribution in [-0.4, -0.2) is 14.7 Å². The molecule has 1 aliphatic heterocycles. The Labute approximate surface area is 198 Å². The third-order valence-corrected chi connectivity index (χ3v) is 6.09.